The van der Waals surface area contributed by atoms with Crippen molar-refractivity contribution in [1.29, 1.82) is 0 Å². The Morgan fingerprint density at radius 3 is 2.47 bits per heavy atom. The lowest BCUT2D eigenvalue weighted by Crippen LogP contribution is -2.41. The lowest BCUT2D eigenvalue weighted by molar-refractivity contribution is 0.0296. The molecule has 0 N–H and O–H groups in total. The van der Waals surface area contributed by atoms with Crippen molar-refractivity contribution in [2.24, 2.45) is 0 Å². The second kappa shape index (κ2) is 5.61. The second-order valence-electron chi connectivity index (χ2n) is 5.62. The third-order valence-electron chi connectivity index (χ3n) is 2.83. The van der Waals surface area contributed by atoms with Gasteiger partial charge in [-0.25, -0.2) is 0 Å². The van der Waals surface area contributed by atoms with Gasteiger partial charge in [0.1, 0.15) is 11.4 Å². The van der Waals surface area contributed by atoms with Gasteiger partial charge in [0.25, 0.3) is 5.91 Å². The van der Waals surface area contributed by atoms with E-state index in [0.29, 0.717) is 37.6 Å². The summed E-state index contributed by atoms with van der Waals surface area (Å²) in [6.07, 6.45) is 0. The molecule has 0 bridgehead atoms. The van der Waals surface area contributed by atoms with Crippen LogP contribution in [0.3, 0.4) is 0 Å². The minimum absolute atomic E-state index is 0.0168. The summed E-state index contributed by atoms with van der Waals surface area (Å²) in [5.74, 6) is 0.662. The van der Waals surface area contributed by atoms with E-state index in [-0.39, 0.29) is 11.5 Å². The molecule has 104 valence electrons. The average Bonchev–Trinajstić information content (AvgIpc) is 2.38. The van der Waals surface area contributed by atoms with Crippen molar-refractivity contribution < 1.29 is 14.3 Å². The number of amides is 1. The van der Waals surface area contributed by atoms with Gasteiger partial charge >= 0.3 is 0 Å². The molecule has 19 heavy (non-hydrogen) atoms. The van der Waals surface area contributed by atoms with Gasteiger partial charge in [0.15, 0.2) is 0 Å². The number of carbonyl (C=O) groups is 1. The van der Waals surface area contributed by atoms with Crippen LogP contribution in [0.4, 0.5) is 0 Å². The van der Waals surface area contributed by atoms with Crippen LogP contribution in [0.2, 0.25) is 0 Å². The Kier molecular flexibility index (Phi) is 4.10. The molecular formula is C15H21NO3. The summed E-state index contributed by atoms with van der Waals surface area (Å²) in [5.41, 5.74) is 0.306. The third-order valence-corrected chi connectivity index (χ3v) is 2.83. The minimum Gasteiger partial charge on any atom is -0.487 e. The number of morpholine rings is 1. The highest BCUT2D eigenvalue weighted by Gasteiger charge is 2.23. The van der Waals surface area contributed by atoms with Crippen LogP contribution >= 0.6 is 0 Å². The van der Waals surface area contributed by atoms with Crippen molar-refractivity contribution in [3.05, 3.63) is 29.8 Å². The lowest BCUT2D eigenvalue weighted by Gasteiger charge is -2.29. The van der Waals surface area contributed by atoms with E-state index in [1.54, 1.807) is 0 Å². The first-order chi connectivity index (χ1) is 8.97. The van der Waals surface area contributed by atoms with E-state index in [1.165, 1.54) is 0 Å². The molecule has 1 aliphatic rings. The fourth-order valence-electron chi connectivity index (χ4n) is 2.00. The summed E-state index contributed by atoms with van der Waals surface area (Å²) in [7, 11) is 0. The Morgan fingerprint density at radius 2 is 1.84 bits per heavy atom. The maximum atomic E-state index is 12.5. The van der Waals surface area contributed by atoms with E-state index < -0.39 is 0 Å². The highest BCUT2D eigenvalue weighted by Crippen LogP contribution is 2.24. The fourth-order valence-corrected chi connectivity index (χ4v) is 2.00. The van der Waals surface area contributed by atoms with Crippen LogP contribution < -0.4 is 4.74 Å². The predicted octanol–water partition coefficient (Wildman–Crippen LogP) is 2.34. The number of hydrogen-bond donors (Lipinski definition) is 0. The first-order valence-corrected chi connectivity index (χ1v) is 6.62. The first-order valence-electron chi connectivity index (χ1n) is 6.62. The van der Waals surface area contributed by atoms with E-state index in [1.807, 2.05) is 49.9 Å². The standard InChI is InChI=1S/C15H21NO3/c1-15(2,3)19-13-7-5-4-6-12(13)14(17)16-8-10-18-11-9-16/h4-7H,8-11H2,1-3H3. The summed E-state index contributed by atoms with van der Waals surface area (Å²) in [6.45, 7) is 8.42. The molecule has 4 nitrogen and oxygen atoms in total. The summed E-state index contributed by atoms with van der Waals surface area (Å²) >= 11 is 0. The monoisotopic (exact) mass is 263 g/mol. The van der Waals surface area contributed by atoms with Crippen molar-refractivity contribution in [2.45, 2.75) is 26.4 Å². The quantitative estimate of drug-likeness (QED) is 0.822. The molecule has 4 heteroatoms. The normalized spacial score (nSPS) is 16.3. The molecule has 1 aliphatic heterocycles. The van der Waals surface area contributed by atoms with Gasteiger partial charge in [-0.15, -0.1) is 0 Å². The van der Waals surface area contributed by atoms with Gasteiger partial charge in [0.05, 0.1) is 18.8 Å². The Morgan fingerprint density at radius 1 is 1.21 bits per heavy atom. The topological polar surface area (TPSA) is 38.8 Å². The van der Waals surface area contributed by atoms with Crippen molar-refractivity contribution in [1.82, 2.24) is 4.90 Å². The Hall–Kier alpha value is -1.55. The van der Waals surface area contributed by atoms with Crippen LogP contribution in [0.5, 0.6) is 5.75 Å². The van der Waals surface area contributed by atoms with E-state index >= 15 is 0 Å². The van der Waals surface area contributed by atoms with E-state index in [4.69, 9.17) is 9.47 Å². The van der Waals surface area contributed by atoms with Crippen LogP contribution in [0.25, 0.3) is 0 Å². The van der Waals surface area contributed by atoms with Crippen molar-refractivity contribution in [3.8, 4) is 5.75 Å². The van der Waals surface area contributed by atoms with Crippen molar-refractivity contribution in [3.63, 3.8) is 0 Å². The van der Waals surface area contributed by atoms with Gasteiger partial charge in [0.2, 0.25) is 0 Å². The summed E-state index contributed by atoms with van der Waals surface area (Å²) in [5, 5.41) is 0. The first kappa shape index (κ1) is 13.9. The van der Waals surface area contributed by atoms with Gasteiger partial charge in [-0.05, 0) is 32.9 Å². The Bertz CT molecular complexity index is 445. The zero-order valence-electron chi connectivity index (χ0n) is 11.8. The Balaban J connectivity index is 2.21. The number of ether oxygens (including phenoxy) is 2. The Labute approximate surface area is 114 Å². The molecule has 0 aromatic heterocycles. The number of benzene rings is 1. The lowest BCUT2D eigenvalue weighted by atomic mass is 10.1. The molecule has 1 aromatic carbocycles. The molecule has 1 fully saturated rings. The van der Waals surface area contributed by atoms with Crippen LogP contribution in [0, 0.1) is 0 Å². The molecule has 2 rings (SSSR count). The van der Waals surface area contributed by atoms with Crippen molar-refractivity contribution in [2.75, 3.05) is 26.3 Å². The molecule has 0 aliphatic carbocycles. The molecule has 0 saturated carbocycles. The van der Waals surface area contributed by atoms with Crippen LogP contribution in [-0.4, -0.2) is 42.7 Å². The highest BCUT2D eigenvalue weighted by molar-refractivity contribution is 5.97. The van der Waals surface area contributed by atoms with Crippen LogP contribution in [0.1, 0.15) is 31.1 Å². The van der Waals surface area contributed by atoms with Gasteiger partial charge in [-0.2, -0.15) is 0 Å². The zero-order valence-corrected chi connectivity index (χ0v) is 11.8. The van der Waals surface area contributed by atoms with Gasteiger partial charge in [-0.3, -0.25) is 4.79 Å². The smallest absolute Gasteiger partial charge is 0.257 e. The molecular weight excluding hydrogens is 242 g/mol. The van der Waals surface area contributed by atoms with Gasteiger partial charge < -0.3 is 14.4 Å². The summed E-state index contributed by atoms with van der Waals surface area (Å²) in [4.78, 5) is 14.3. The number of para-hydroxylation sites is 1. The molecule has 0 atom stereocenters. The van der Waals surface area contributed by atoms with Gasteiger partial charge in [0, 0.05) is 13.1 Å². The van der Waals surface area contributed by atoms with Gasteiger partial charge in [-0.1, -0.05) is 12.1 Å². The minimum atomic E-state index is -0.318. The molecule has 0 radical (unpaired) electrons. The highest BCUT2D eigenvalue weighted by atomic mass is 16.5. The molecule has 1 aromatic rings. The molecule has 0 spiro atoms. The molecule has 1 amide bonds. The largest absolute Gasteiger partial charge is 0.487 e. The molecule has 1 saturated heterocycles. The van der Waals surface area contributed by atoms with E-state index in [9.17, 15) is 4.79 Å². The predicted molar refractivity (Wildman–Crippen MR) is 73.5 cm³/mol. The average molecular weight is 263 g/mol. The number of rotatable bonds is 2. The molecule has 0 unspecified atom stereocenters. The van der Waals surface area contributed by atoms with Crippen LogP contribution in [0.15, 0.2) is 24.3 Å². The molecule has 1 heterocycles. The SMILES string of the molecule is CC(C)(C)Oc1ccccc1C(=O)N1CCOCC1. The third kappa shape index (κ3) is 3.70. The number of nitrogens with zero attached hydrogens (tertiary/aromatic N) is 1. The second-order valence-corrected chi connectivity index (χ2v) is 5.62. The fraction of sp³-hybridized carbons (Fsp3) is 0.533. The van der Waals surface area contributed by atoms with Crippen LogP contribution in [-0.2, 0) is 4.74 Å². The zero-order chi connectivity index (χ0) is 13.9. The maximum absolute atomic E-state index is 12.5. The summed E-state index contributed by atoms with van der Waals surface area (Å²) < 4.78 is 11.1. The van der Waals surface area contributed by atoms with E-state index in [2.05, 4.69) is 0 Å². The van der Waals surface area contributed by atoms with Crippen molar-refractivity contribution >= 4 is 5.91 Å². The number of hydrogen-bond acceptors (Lipinski definition) is 3. The summed E-state index contributed by atoms with van der Waals surface area (Å²) in [6, 6.07) is 7.41. The van der Waals surface area contributed by atoms with E-state index in [0.717, 1.165) is 0 Å². The number of carbonyl (C=O) groups excluding carboxylic acids is 1. The maximum Gasteiger partial charge on any atom is 0.257 e.